The third-order valence-corrected chi connectivity index (χ3v) is 2.98. The molecule has 2 heterocycles. The lowest BCUT2D eigenvalue weighted by Gasteiger charge is -2.18. The summed E-state index contributed by atoms with van der Waals surface area (Å²) in [5, 5.41) is 4.36. The van der Waals surface area contributed by atoms with Crippen LogP contribution < -0.4 is 5.32 Å². The highest BCUT2D eigenvalue weighted by Crippen LogP contribution is 2.25. The number of para-hydroxylation sites is 1. The highest BCUT2D eigenvalue weighted by Gasteiger charge is 2.21. The Morgan fingerprint density at radius 1 is 1.33 bits per heavy atom. The van der Waals surface area contributed by atoms with Gasteiger partial charge in [-0.25, -0.2) is 0 Å². The first-order valence-corrected chi connectivity index (χ1v) is 5.08. The lowest BCUT2D eigenvalue weighted by atomic mass is 9.99. The van der Waals surface area contributed by atoms with Crippen molar-refractivity contribution in [3.8, 4) is 0 Å². The molecule has 1 atom stereocenters. The molecule has 0 fully saturated rings. The van der Waals surface area contributed by atoms with Crippen LogP contribution in [0.15, 0.2) is 24.3 Å². The number of hydrogen-bond acceptors (Lipinski definition) is 2. The molecule has 0 aliphatic carbocycles. The molecule has 1 aliphatic rings. The second-order valence-corrected chi connectivity index (χ2v) is 3.88. The zero-order valence-electron chi connectivity index (χ0n) is 8.21. The van der Waals surface area contributed by atoms with Gasteiger partial charge in [-0.2, -0.15) is 0 Å². The van der Waals surface area contributed by atoms with Crippen molar-refractivity contribution < 1.29 is 4.79 Å². The van der Waals surface area contributed by atoms with Gasteiger partial charge in [0.2, 0.25) is 6.29 Å². The van der Waals surface area contributed by atoms with Crippen molar-refractivity contribution in [1.29, 1.82) is 0 Å². The third kappa shape index (κ3) is 1.27. The molecule has 3 nitrogen and oxygen atoms in total. The molecule has 2 aromatic rings. The van der Waals surface area contributed by atoms with Gasteiger partial charge in [-0.05, 0) is 18.1 Å². The van der Waals surface area contributed by atoms with Gasteiger partial charge in [-0.1, -0.05) is 18.2 Å². The summed E-state index contributed by atoms with van der Waals surface area (Å²) in [6, 6.07) is 8.04. The Morgan fingerprint density at radius 3 is 3.07 bits per heavy atom. The average molecular weight is 199 g/mol. The van der Waals surface area contributed by atoms with E-state index in [4.69, 9.17) is 0 Å². The maximum Gasteiger partial charge on any atom is 0.217 e. The van der Waals surface area contributed by atoms with Gasteiger partial charge in [0.1, 0.15) is 0 Å². The Balaban J connectivity index is 2.18. The van der Waals surface area contributed by atoms with Crippen LogP contribution >= 0.6 is 0 Å². The number of rotatable bonds is 1. The number of H-pyrrole nitrogens is 1. The number of fused-ring (bicyclic) bond motifs is 3. The van der Waals surface area contributed by atoms with E-state index < -0.39 is 0 Å². The molecule has 1 aromatic heterocycles. The molecule has 0 saturated heterocycles. The van der Waals surface area contributed by atoms with Crippen molar-refractivity contribution in [2.75, 3.05) is 0 Å². The van der Waals surface area contributed by atoms with E-state index in [-0.39, 0.29) is 6.04 Å². The van der Waals surface area contributed by atoms with Crippen LogP contribution in [0.25, 0.3) is 10.9 Å². The Morgan fingerprint density at radius 2 is 2.20 bits per heavy atom. The van der Waals surface area contributed by atoms with Crippen molar-refractivity contribution in [2.24, 2.45) is 0 Å². The summed E-state index contributed by atoms with van der Waals surface area (Å²) in [6.07, 6.45) is 2.76. The SMILES string of the molecule is O=[C]C1Cc2c([nH]c3ccccc23)CN1. The zero-order valence-corrected chi connectivity index (χ0v) is 8.21. The molecule has 0 amide bonds. The van der Waals surface area contributed by atoms with Crippen molar-refractivity contribution >= 4 is 17.2 Å². The Labute approximate surface area is 87.5 Å². The number of benzene rings is 1. The molecule has 1 radical (unpaired) electrons. The normalized spacial score (nSPS) is 20.1. The van der Waals surface area contributed by atoms with E-state index in [1.54, 1.807) is 0 Å². The van der Waals surface area contributed by atoms with E-state index in [0.29, 0.717) is 0 Å². The van der Waals surface area contributed by atoms with Gasteiger partial charge in [0, 0.05) is 23.1 Å². The standard InChI is InChI=1S/C12H11N2O/c15-7-8-5-10-9-3-1-2-4-11(9)14-12(10)6-13-8/h1-4,8,13-14H,5-6H2. The van der Waals surface area contributed by atoms with Crippen LogP contribution in [-0.2, 0) is 17.8 Å². The maximum atomic E-state index is 10.6. The molecule has 2 N–H and O–H groups in total. The van der Waals surface area contributed by atoms with Gasteiger partial charge in [-0.3, -0.25) is 4.79 Å². The molecule has 1 aliphatic heterocycles. The minimum absolute atomic E-state index is 0.156. The average Bonchev–Trinajstić information content (AvgIpc) is 2.66. The van der Waals surface area contributed by atoms with Crippen LogP contribution in [0.3, 0.4) is 0 Å². The summed E-state index contributed by atoms with van der Waals surface area (Å²) < 4.78 is 0. The topological polar surface area (TPSA) is 44.9 Å². The first-order valence-electron chi connectivity index (χ1n) is 5.08. The zero-order chi connectivity index (χ0) is 10.3. The molecule has 0 spiro atoms. The molecule has 3 heteroatoms. The van der Waals surface area contributed by atoms with Crippen LogP contribution in [0.4, 0.5) is 0 Å². The van der Waals surface area contributed by atoms with Gasteiger partial charge in [0.05, 0.1) is 6.04 Å². The van der Waals surface area contributed by atoms with Gasteiger partial charge < -0.3 is 10.3 Å². The minimum atomic E-state index is -0.156. The lowest BCUT2D eigenvalue weighted by molar-refractivity contribution is 0.499. The maximum absolute atomic E-state index is 10.6. The van der Waals surface area contributed by atoms with E-state index in [9.17, 15) is 4.79 Å². The monoisotopic (exact) mass is 199 g/mol. The molecule has 1 unspecified atom stereocenters. The summed E-state index contributed by atoms with van der Waals surface area (Å²) in [5.74, 6) is 0. The van der Waals surface area contributed by atoms with Crippen LogP contribution in [-0.4, -0.2) is 17.3 Å². The van der Waals surface area contributed by atoms with Crippen LogP contribution in [0.1, 0.15) is 11.3 Å². The summed E-state index contributed by atoms with van der Waals surface area (Å²) >= 11 is 0. The first kappa shape index (κ1) is 8.68. The van der Waals surface area contributed by atoms with Gasteiger partial charge in [-0.15, -0.1) is 0 Å². The number of hydrogen-bond donors (Lipinski definition) is 2. The minimum Gasteiger partial charge on any atom is -0.357 e. The molecule has 0 saturated carbocycles. The van der Waals surface area contributed by atoms with Crippen molar-refractivity contribution in [3.05, 3.63) is 35.5 Å². The smallest absolute Gasteiger partial charge is 0.217 e. The largest absolute Gasteiger partial charge is 0.357 e. The van der Waals surface area contributed by atoms with Crippen LogP contribution in [0.2, 0.25) is 0 Å². The highest BCUT2D eigenvalue weighted by molar-refractivity contribution is 5.85. The fourth-order valence-corrected chi connectivity index (χ4v) is 2.22. The van der Waals surface area contributed by atoms with Crippen molar-refractivity contribution in [2.45, 2.75) is 19.0 Å². The lowest BCUT2D eigenvalue weighted by Crippen LogP contribution is -2.36. The number of aromatic amines is 1. The molecular weight excluding hydrogens is 188 g/mol. The molecule has 0 bridgehead atoms. The first-order chi connectivity index (χ1) is 7.38. The predicted octanol–water partition coefficient (Wildman–Crippen LogP) is 1.29. The summed E-state index contributed by atoms with van der Waals surface area (Å²) in [4.78, 5) is 14.0. The van der Waals surface area contributed by atoms with E-state index >= 15 is 0 Å². The molecule has 75 valence electrons. The Hall–Kier alpha value is -1.61. The highest BCUT2D eigenvalue weighted by atomic mass is 16.1. The fraction of sp³-hybridized carbons (Fsp3) is 0.250. The van der Waals surface area contributed by atoms with Gasteiger partial charge >= 0.3 is 0 Å². The van der Waals surface area contributed by atoms with Crippen molar-refractivity contribution in [1.82, 2.24) is 10.3 Å². The second kappa shape index (κ2) is 3.21. The van der Waals surface area contributed by atoms with Gasteiger partial charge in [0.15, 0.2) is 0 Å². The molecular formula is C12H11N2O. The van der Waals surface area contributed by atoms with E-state index in [2.05, 4.69) is 22.4 Å². The van der Waals surface area contributed by atoms with Crippen LogP contribution in [0.5, 0.6) is 0 Å². The van der Waals surface area contributed by atoms with E-state index in [1.807, 2.05) is 18.4 Å². The molecule has 1 aromatic carbocycles. The van der Waals surface area contributed by atoms with Gasteiger partial charge in [0.25, 0.3) is 0 Å². The third-order valence-electron chi connectivity index (χ3n) is 2.98. The number of carbonyl (C=O) groups excluding carboxylic acids is 1. The van der Waals surface area contributed by atoms with E-state index in [0.717, 1.165) is 18.5 Å². The number of nitrogens with one attached hydrogen (secondary N) is 2. The second-order valence-electron chi connectivity index (χ2n) is 3.88. The summed E-state index contributed by atoms with van der Waals surface area (Å²) in [5.41, 5.74) is 3.61. The predicted molar refractivity (Wildman–Crippen MR) is 58.3 cm³/mol. The summed E-state index contributed by atoms with van der Waals surface area (Å²) in [7, 11) is 0. The van der Waals surface area contributed by atoms with E-state index in [1.165, 1.54) is 16.6 Å². The Bertz CT molecular complexity index is 515. The Kier molecular flexibility index (Phi) is 1.86. The van der Waals surface area contributed by atoms with Crippen LogP contribution in [0, 0.1) is 0 Å². The molecule has 3 rings (SSSR count). The molecule has 15 heavy (non-hydrogen) atoms. The number of aromatic nitrogens is 1. The summed E-state index contributed by atoms with van der Waals surface area (Å²) in [6.45, 7) is 0.726. The quantitative estimate of drug-likeness (QED) is 0.727. The fourth-order valence-electron chi connectivity index (χ4n) is 2.22. The van der Waals surface area contributed by atoms with Crippen molar-refractivity contribution in [3.63, 3.8) is 0 Å².